The Hall–Kier alpha value is -0.530. The van der Waals surface area contributed by atoms with Gasteiger partial charge in [-0.15, -0.1) is 0 Å². The van der Waals surface area contributed by atoms with Crippen molar-refractivity contribution in [3.05, 3.63) is 0 Å². The molecule has 2 fully saturated rings. The minimum Gasteiger partial charge on any atom is -0.465 e. The van der Waals surface area contributed by atoms with Crippen molar-refractivity contribution in [3.8, 4) is 0 Å². The largest absolute Gasteiger partial charge is 0.465 e. The fourth-order valence-electron chi connectivity index (χ4n) is 1.44. The van der Waals surface area contributed by atoms with Crippen LogP contribution in [0.4, 0.5) is 0 Å². The number of carbonyl (C=O) groups excluding carboxylic acids is 1. The molecule has 0 aromatic heterocycles. The van der Waals surface area contributed by atoms with Crippen LogP contribution >= 0.6 is 0 Å². The summed E-state index contributed by atoms with van der Waals surface area (Å²) in [5.74, 6) is 0.0637. The Labute approximate surface area is 54.2 Å². The second-order valence-corrected chi connectivity index (χ2v) is 3.02. The van der Waals surface area contributed by atoms with E-state index >= 15 is 0 Å². The molecule has 1 spiro atoms. The van der Waals surface area contributed by atoms with Gasteiger partial charge < -0.3 is 4.74 Å². The molecule has 0 amide bonds. The van der Waals surface area contributed by atoms with Gasteiger partial charge in [0, 0.05) is 0 Å². The summed E-state index contributed by atoms with van der Waals surface area (Å²) in [7, 11) is 0. The van der Waals surface area contributed by atoms with Crippen molar-refractivity contribution < 1.29 is 9.53 Å². The van der Waals surface area contributed by atoms with Crippen LogP contribution in [0.1, 0.15) is 25.7 Å². The highest BCUT2D eigenvalue weighted by Crippen LogP contribution is 2.52. The monoisotopic (exact) mass is 126 g/mol. The topological polar surface area (TPSA) is 26.3 Å². The molecule has 0 aromatic rings. The van der Waals surface area contributed by atoms with E-state index in [1.165, 1.54) is 0 Å². The molecule has 2 nitrogen and oxygen atoms in total. The Kier molecular flexibility index (Phi) is 0.875. The molecule has 0 aromatic carbocycles. The smallest absolute Gasteiger partial charge is 0.312 e. The third-order valence-corrected chi connectivity index (χ3v) is 2.32. The molecule has 2 rings (SSSR count). The molecule has 0 bridgehead atoms. The van der Waals surface area contributed by atoms with Gasteiger partial charge in [-0.05, 0) is 25.7 Å². The zero-order chi connectivity index (χ0) is 6.32. The molecule has 0 radical (unpaired) electrons. The fourth-order valence-corrected chi connectivity index (χ4v) is 1.44. The highest BCUT2D eigenvalue weighted by Gasteiger charge is 2.52. The van der Waals surface area contributed by atoms with Gasteiger partial charge >= 0.3 is 5.97 Å². The van der Waals surface area contributed by atoms with Crippen molar-refractivity contribution in [2.75, 3.05) is 6.61 Å². The summed E-state index contributed by atoms with van der Waals surface area (Å²) in [5, 5.41) is 0. The first kappa shape index (κ1) is 5.27. The summed E-state index contributed by atoms with van der Waals surface area (Å²) >= 11 is 0. The summed E-state index contributed by atoms with van der Waals surface area (Å²) in [4.78, 5) is 11.0. The fraction of sp³-hybridized carbons (Fsp3) is 0.857. The van der Waals surface area contributed by atoms with Crippen LogP contribution in [-0.2, 0) is 9.53 Å². The van der Waals surface area contributed by atoms with Crippen molar-refractivity contribution in [3.63, 3.8) is 0 Å². The second kappa shape index (κ2) is 1.49. The average Bonchev–Trinajstić information content (AvgIpc) is 2.60. The maximum Gasteiger partial charge on any atom is 0.312 e. The minimum absolute atomic E-state index is 0.0260. The highest BCUT2D eigenvalue weighted by molar-refractivity contribution is 5.80. The van der Waals surface area contributed by atoms with Crippen LogP contribution in [0.25, 0.3) is 0 Å². The Balaban J connectivity index is 2.12. The Morgan fingerprint density at radius 2 is 2.11 bits per heavy atom. The van der Waals surface area contributed by atoms with Gasteiger partial charge in [-0.25, -0.2) is 0 Å². The van der Waals surface area contributed by atoms with Crippen LogP contribution in [0.15, 0.2) is 0 Å². The lowest BCUT2D eigenvalue weighted by Crippen LogP contribution is -2.24. The van der Waals surface area contributed by atoms with E-state index in [-0.39, 0.29) is 11.4 Å². The van der Waals surface area contributed by atoms with Gasteiger partial charge in [0.1, 0.15) is 0 Å². The van der Waals surface area contributed by atoms with Gasteiger partial charge in [0.25, 0.3) is 0 Å². The quantitative estimate of drug-likeness (QED) is 0.454. The Bertz CT molecular complexity index is 147. The van der Waals surface area contributed by atoms with Crippen molar-refractivity contribution in [2.45, 2.75) is 25.7 Å². The molecular formula is C7H10O2. The average molecular weight is 126 g/mol. The molecule has 9 heavy (non-hydrogen) atoms. The molecular weight excluding hydrogens is 116 g/mol. The van der Waals surface area contributed by atoms with Gasteiger partial charge in [0.2, 0.25) is 0 Å². The summed E-state index contributed by atoms with van der Waals surface area (Å²) in [6.07, 6.45) is 4.30. The first-order valence-corrected chi connectivity index (χ1v) is 3.51. The zero-order valence-corrected chi connectivity index (χ0v) is 5.35. The molecule has 1 saturated heterocycles. The van der Waals surface area contributed by atoms with E-state index in [0.29, 0.717) is 6.61 Å². The van der Waals surface area contributed by atoms with Gasteiger partial charge in [0.05, 0.1) is 12.0 Å². The van der Waals surface area contributed by atoms with Crippen molar-refractivity contribution in [2.24, 2.45) is 5.41 Å². The van der Waals surface area contributed by atoms with Crippen LogP contribution in [0.3, 0.4) is 0 Å². The molecule has 2 aliphatic rings. The van der Waals surface area contributed by atoms with Gasteiger partial charge in [-0.3, -0.25) is 4.79 Å². The summed E-state index contributed by atoms with van der Waals surface area (Å²) in [6.45, 7) is 0.653. The number of ether oxygens (including phenoxy) is 1. The van der Waals surface area contributed by atoms with Crippen molar-refractivity contribution >= 4 is 5.97 Å². The molecule has 1 saturated carbocycles. The normalized spacial score (nSPS) is 30.0. The third-order valence-electron chi connectivity index (χ3n) is 2.32. The van der Waals surface area contributed by atoms with E-state index < -0.39 is 0 Å². The van der Waals surface area contributed by atoms with Gasteiger partial charge in [-0.1, -0.05) is 0 Å². The van der Waals surface area contributed by atoms with Crippen molar-refractivity contribution in [1.29, 1.82) is 0 Å². The Morgan fingerprint density at radius 1 is 1.33 bits per heavy atom. The van der Waals surface area contributed by atoms with Gasteiger partial charge in [0.15, 0.2) is 0 Å². The number of carbonyl (C=O) groups is 1. The highest BCUT2D eigenvalue weighted by atomic mass is 16.5. The molecule has 0 atom stereocenters. The number of esters is 1. The molecule has 1 heterocycles. The molecule has 1 aliphatic heterocycles. The lowest BCUT2D eigenvalue weighted by molar-refractivity contribution is -0.154. The SMILES string of the molecule is O=C1OCCCC12CC2. The number of hydrogen-bond donors (Lipinski definition) is 0. The standard InChI is InChI=1S/C7H10O2/c8-6-7(3-4-7)2-1-5-9-6/h1-5H2. The van der Waals surface area contributed by atoms with Crippen LogP contribution in [0, 0.1) is 5.41 Å². The molecule has 2 heteroatoms. The van der Waals surface area contributed by atoms with E-state index in [9.17, 15) is 4.79 Å². The van der Waals surface area contributed by atoms with Crippen molar-refractivity contribution in [1.82, 2.24) is 0 Å². The lowest BCUT2D eigenvalue weighted by atomic mass is 9.99. The van der Waals surface area contributed by atoms with E-state index in [2.05, 4.69) is 0 Å². The zero-order valence-electron chi connectivity index (χ0n) is 5.35. The Morgan fingerprint density at radius 3 is 2.56 bits per heavy atom. The third kappa shape index (κ3) is 0.655. The molecule has 0 N–H and O–H groups in total. The van der Waals surface area contributed by atoms with Crippen LogP contribution in [0.2, 0.25) is 0 Å². The summed E-state index contributed by atoms with van der Waals surface area (Å²) in [5.41, 5.74) is 0.0260. The van der Waals surface area contributed by atoms with E-state index in [1.807, 2.05) is 0 Å². The predicted octanol–water partition coefficient (Wildman–Crippen LogP) is 1.10. The predicted molar refractivity (Wildman–Crippen MR) is 31.9 cm³/mol. The first-order chi connectivity index (χ1) is 4.33. The molecule has 50 valence electrons. The first-order valence-electron chi connectivity index (χ1n) is 3.51. The lowest BCUT2D eigenvalue weighted by Gasteiger charge is -2.19. The number of rotatable bonds is 0. The number of cyclic esters (lactones) is 1. The van der Waals surface area contributed by atoms with E-state index in [1.54, 1.807) is 0 Å². The summed E-state index contributed by atoms with van der Waals surface area (Å²) in [6, 6.07) is 0. The maximum atomic E-state index is 11.0. The van der Waals surface area contributed by atoms with Gasteiger partial charge in [-0.2, -0.15) is 0 Å². The van der Waals surface area contributed by atoms with Crippen LogP contribution in [-0.4, -0.2) is 12.6 Å². The van der Waals surface area contributed by atoms with Crippen LogP contribution < -0.4 is 0 Å². The number of hydrogen-bond acceptors (Lipinski definition) is 2. The van der Waals surface area contributed by atoms with E-state index in [4.69, 9.17) is 4.74 Å². The maximum absolute atomic E-state index is 11.0. The van der Waals surface area contributed by atoms with E-state index in [0.717, 1.165) is 25.7 Å². The molecule has 1 aliphatic carbocycles. The minimum atomic E-state index is 0.0260. The molecule has 0 unspecified atom stereocenters. The summed E-state index contributed by atoms with van der Waals surface area (Å²) < 4.78 is 4.92. The second-order valence-electron chi connectivity index (χ2n) is 3.02. The van der Waals surface area contributed by atoms with Crippen LogP contribution in [0.5, 0.6) is 0 Å².